The van der Waals surface area contributed by atoms with E-state index in [4.69, 9.17) is 0 Å². The van der Waals surface area contributed by atoms with E-state index in [0.29, 0.717) is 31.5 Å². The van der Waals surface area contributed by atoms with E-state index in [9.17, 15) is 18.5 Å². The molecule has 0 aliphatic heterocycles. The van der Waals surface area contributed by atoms with E-state index in [1.165, 1.54) is 29.4 Å². The van der Waals surface area contributed by atoms with Crippen LogP contribution in [0.2, 0.25) is 0 Å². The number of nitro groups is 1. The van der Waals surface area contributed by atoms with Crippen molar-refractivity contribution in [2.75, 3.05) is 13.1 Å². The number of aryl methyl sites for hydroxylation is 1. The second kappa shape index (κ2) is 8.17. The molecular formula is C17H21N3O4S. The second-order valence-electron chi connectivity index (χ2n) is 5.68. The van der Waals surface area contributed by atoms with Crippen LogP contribution in [0, 0.1) is 17.0 Å². The minimum atomic E-state index is -3.72. The standard InChI is InChI=1S/C17H21N3O4S/c1-3-11-19(12-9-15-6-4-5-10-18-15)25(23,24)16-7-8-17(20(21)22)14(2)13-16/h4-8,10,13H,3,9,11-12H2,1-2H3. The summed E-state index contributed by atoms with van der Waals surface area (Å²) in [5, 5.41) is 10.9. The highest BCUT2D eigenvalue weighted by molar-refractivity contribution is 7.89. The van der Waals surface area contributed by atoms with Gasteiger partial charge in [-0.3, -0.25) is 15.1 Å². The van der Waals surface area contributed by atoms with Crippen LogP contribution in [0.4, 0.5) is 5.69 Å². The van der Waals surface area contributed by atoms with Gasteiger partial charge in [0, 0.05) is 43.0 Å². The molecule has 1 heterocycles. The van der Waals surface area contributed by atoms with Crippen molar-refractivity contribution in [2.45, 2.75) is 31.6 Å². The summed E-state index contributed by atoms with van der Waals surface area (Å²) in [4.78, 5) is 14.7. The zero-order chi connectivity index (χ0) is 18.4. The van der Waals surface area contributed by atoms with Gasteiger partial charge in [0.1, 0.15) is 0 Å². The SMILES string of the molecule is CCCN(CCc1ccccn1)S(=O)(=O)c1ccc([N+](=O)[O-])c(C)c1. The molecule has 0 unspecified atom stereocenters. The van der Waals surface area contributed by atoms with Crippen molar-refractivity contribution >= 4 is 15.7 Å². The number of aromatic nitrogens is 1. The topological polar surface area (TPSA) is 93.4 Å². The monoisotopic (exact) mass is 363 g/mol. The fourth-order valence-corrected chi connectivity index (χ4v) is 4.15. The highest BCUT2D eigenvalue weighted by atomic mass is 32.2. The van der Waals surface area contributed by atoms with Gasteiger partial charge in [0.25, 0.3) is 5.69 Å². The minimum absolute atomic E-state index is 0.0741. The Labute approximate surface area is 147 Å². The Bertz CT molecular complexity index is 838. The molecule has 0 amide bonds. The molecule has 25 heavy (non-hydrogen) atoms. The summed E-state index contributed by atoms with van der Waals surface area (Å²) in [5.41, 5.74) is 1.06. The van der Waals surface area contributed by atoms with Gasteiger partial charge in [-0.05, 0) is 37.6 Å². The lowest BCUT2D eigenvalue weighted by Gasteiger charge is -2.21. The van der Waals surface area contributed by atoms with Gasteiger partial charge in [0.05, 0.1) is 9.82 Å². The highest BCUT2D eigenvalue weighted by Crippen LogP contribution is 2.24. The van der Waals surface area contributed by atoms with Gasteiger partial charge in [0.2, 0.25) is 10.0 Å². The van der Waals surface area contributed by atoms with Gasteiger partial charge in [0.15, 0.2) is 0 Å². The van der Waals surface area contributed by atoms with Crippen LogP contribution in [-0.4, -0.2) is 35.7 Å². The Morgan fingerprint density at radius 1 is 1.20 bits per heavy atom. The third-order valence-electron chi connectivity index (χ3n) is 3.82. The summed E-state index contributed by atoms with van der Waals surface area (Å²) in [6.45, 7) is 4.13. The molecule has 2 rings (SSSR count). The zero-order valence-corrected chi connectivity index (χ0v) is 15.1. The average molecular weight is 363 g/mol. The third kappa shape index (κ3) is 4.61. The fraction of sp³-hybridized carbons (Fsp3) is 0.353. The van der Waals surface area contributed by atoms with Crippen LogP contribution in [-0.2, 0) is 16.4 Å². The summed E-state index contributed by atoms with van der Waals surface area (Å²) in [7, 11) is -3.72. The molecule has 0 saturated heterocycles. The minimum Gasteiger partial charge on any atom is -0.261 e. The van der Waals surface area contributed by atoms with E-state index in [0.717, 1.165) is 5.69 Å². The first-order chi connectivity index (χ1) is 11.9. The van der Waals surface area contributed by atoms with Crippen LogP contribution in [0.15, 0.2) is 47.5 Å². The molecule has 0 atom stereocenters. The number of rotatable bonds is 8. The zero-order valence-electron chi connectivity index (χ0n) is 14.3. The molecule has 0 saturated carbocycles. The van der Waals surface area contributed by atoms with Crippen LogP contribution >= 0.6 is 0 Å². The Kier molecular flexibility index (Phi) is 6.22. The first-order valence-corrected chi connectivity index (χ1v) is 9.45. The van der Waals surface area contributed by atoms with Gasteiger partial charge in [-0.15, -0.1) is 0 Å². The molecule has 1 aromatic heterocycles. The largest absolute Gasteiger partial charge is 0.272 e. The average Bonchev–Trinajstić information content (AvgIpc) is 2.59. The van der Waals surface area contributed by atoms with Crippen molar-refractivity contribution in [3.8, 4) is 0 Å². The molecule has 0 fully saturated rings. The molecule has 0 aliphatic carbocycles. The van der Waals surface area contributed by atoms with Crippen molar-refractivity contribution in [1.82, 2.24) is 9.29 Å². The van der Waals surface area contributed by atoms with Crippen LogP contribution in [0.5, 0.6) is 0 Å². The van der Waals surface area contributed by atoms with Crippen molar-refractivity contribution in [3.05, 3.63) is 64.0 Å². The van der Waals surface area contributed by atoms with E-state index in [1.807, 2.05) is 25.1 Å². The molecule has 134 valence electrons. The van der Waals surface area contributed by atoms with Gasteiger partial charge in [-0.2, -0.15) is 4.31 Å². The molecule has 2 aromatic rings. The molecule has 0 bridgehead atoms. The number of pyridine rings is 1. The lowest BCUT2D eigenvalue weighted by atomic mass is 10.2. The van der Waals surface area contributed by atoms with Crippen molar-refractivity contribution in [3.63, 3.8) is 0 Å². The number of hydrogen-bond acceptors (Lipinski definition) is 5. The smallest absolute Gasteiger partial charge is 0.261 e. The van der Waals surface area contributed by atoms with E-state index in [2.05, 4.69) is 4.98 Å². The quantitative estimate of drug-likeness (QED) is 0.531. The number of nitrogens with zero attached hydrogens (tertiary/aromatic N) is 3. The Hall–Kier alpha value is -2.32. The summed E-state index contributed by atoms with van der Waals surface area (Å²) >= 11 is 0. The van der Waals surface area contributed by atoms with Gasteiger partial charge in [-0.25, -0.2) is 8.42 Å². The lowest BCUT2D eigenvalue weighted by Crippen LogP contribution is -2.33. The number of nitro benzene ring substituents is 1. The van der Waals surface area contributed by atoms with Crippen molar-refractivity contribution < 1.29 is 13.3 Å². The van der Waals surface area contributed by atoms with Crippen LogP contribution < -0.4 is 0 Å². The van der Waals surface area contributed by atoms with E-state index < -0.39 is 14.9 Å². The van der Waals surface area contributed by atoms with E-state index in [1.54, 1.807) is 6.20 Å². The van der Waals surface area contributed by atoms with Crippen LogP contribution in [0.25, 0.3) is 0 Å². The first kappa shape index (κ1) is 19.0. The molecular weight excluding hydrogens is 342 g/mol. The fourth-order valence-electron chi connectivity index (χ4n) is 2.53. The van der Waals surface area contributed by atoms with E-state index >= 15 is 0 Å². The van der Waals surface area contributed by atoms with Crippen molar-refractivity contribution in [2.24, 2.45) is 0 Å². The number of sulfonamides is 1. The number of hydrogen-bond donors (Lipinski definition) is 0. The molecule has 8 heteroatoms. The molecule has 1 aromatic carbocycles. The molecule has 0 radical (unpaired) electrons. The maximum atomic E-state index is 12.9. The number of benzene rings is 1. The first-order valence-electron chi connectivity index (χ1n) is 8.01. The summed E-state index contributed by atoms with van der Waals surface area (Å²) in [6, 6.07) is 9.42. The van der Waals surface area contributed by atoms with Gasteiger partial charge < -0.3 is 0 Å². The summed E-state index contributed by atoms with van der Waals surface area (Å²) < 4.78 is 27.2. The van der Waals surface area contributed by atoms with Gasteiger partial charge in [-0.1, -0.05) is 13.0 Å². The predicted octanol–water partition coefficient (Wildman–Crippen LogP) is 2.94. The van der Waals surface area contributed by atoms with Crippen LogP contribution in [0.3, 0.4) is 0 Å². The second-order valence-corrected chi connectivity index (χ2v) is 7.62. The van der Waals surface area contributed by atoms with Crippen LogP contribution in [0.1, 0.15) is 24.6 Å². The summed E-state index contributed by atoms with van der Waals surface area (Å²) in [5.74, 6) is 0. The Morgan fingerprint density at radius 2 is 1.96 bits per heavy atom. The van der Waals surface area contributed by atoms with Gasteiger partial charge >= 0.3 is 0 Å². The lowest BCUT2D eigenvalue weighted by molar-refractivity contribution is -0.385. The maximum Gasteiger partial charge on any atom is 0.272 e. The molecule has 7 nitrogen and oxygen atoms in total. The Morgan fingerprint density at radius 3 is 2.52 bits per heavy atom. The molecule has 0 aliphatic rings. The normalized spacial score (nSPS) is 11.6. The Balaban J connectivity index is 2.26. The predicted molar refractivity (Wildman–Crippen MR) is 94.8 cm³/mol. The summed E-state index contributed by atoms with van der Waals surface area (Å²) in [6.07, 6.45) is 2.85. The highest BCUT2D eigenvalue weighted by Gasteiger charge is 2.25. The van der Waals surface area contributed by atoms with E-state index in [-0.39, 0.29) is 10.6 Å². The molecule has 0 spiro atoms. The molecule has 0 N–H and O–H groups in total. The third-order valence-corrected chi connectivity index (χ3v) is 5.71. The van der Waals surface area contributed by atoms with Crippen molar-refractivity contribution in [1.29, 1.82) is 0 Å². The maximum absolute atomic E-state index is 12.9.